The molecule has 34 heavy (non-hydrogen) atoms. The van der Waals surface area contributed by atoms with E-state index >= 15 is 0 Å². The number of sulfonamides is 1. The van der Waals surface area contributed by atoms with Gasteiger partial charge in [-0.1, -0.05) is 55.0 Å². The van der Waals surface area contributed by atoms with E-state index in [1.54, 1.807) is 24.0 Å². The zero-order chi connectivity index (χ0) is 25.1. The summed E-state index contributed by atoms with van der Waals surface area (Å²) in [6, 6.07) is 16.5. The minimum atomic E-state index is -3.49. The summed E-state index contributed by atoms with van der Waals surface area (Å²) in [6.45, 7) is 6.82. The second kappa shape index (κ2) is 13.1. The fourth-order valence-electron chi connectivity index (χ4n) is 3.68. The number of nitrogens with one attached hydrogen (secondary N) is 1. The first-order valence-electron chi connectivity index (χ1n) is 11.8. The van der Waals surface area contributed by atoms with Gasteiger partial charge in [0.25, 0.3) is 0 Å². The Morgan fingerprint density at radius 1 is 1.00 bits per heavy atom. The van der Waals surface area contributed by atoms with Gasteiger partial charge in [0, 0.05) is 26.1 Å². The van der Waals surface area contributed by atoms with Crippen molar-refractivity contribution in [2.75, 3.05) is 30.2 Å². The smallest absolute Gasteiger partial charge is 0.242 e. The average Bonchev–Trinajstić information content (AvgIpc) is 2.81. The molecule has 0 aliphatic rings. The second-order valence-electron chi connectivity index (χ2n) is 8.56. The zero-order valence-electron chi connectivity index (χ0n) is 20.7. The fourth-order valence-corrected chi connectivity index (χ4v) is 4.65. The zero-order valence-corrected chi connectivity index (χ0v) is 21.5. The van der Waals surface area contributed by atoms with Gasteiger partial charge in [0.1, 0.15) is 6.04 Å². The molecule has 2 rings (SSSR count). The first-order chi connectivity index (χ1) is 16.1. The quantitative estimate of drug-likeness (QED) is 0.468. The molecule has 0 aliphatic carbocycles. The Labute approximate surface area is 204 Å². The summed E-state index contributed by atoms with van der Waals surface area (Å²) in [7, 11) is -3.49. The molecule has 0 radical (unpaired) electrons. The van der Waals surface area contributed by atoms with Gasteiger partial charge in [0.15, 0.2) is 0 Å². The highest BCUT2D eigenvalue weighted by Gasteiger charge is 2.26. The van der Waals surface area contributed by atoms with E-state index in [2.05, 4.69) is 5.32 Å². The van der Waals surface area contributed by atoms with Crippen molar-refractivity contribution in [2.24, 2.45) is 0 Å². The molecule has 1 unspecified atom stereocenters. The number of carbonyl (C=O) groups excluding carboxylic acids is 2. The summed E-state index contributed by atoms with van der Waals surface area (Å²) in [6.07, 6.45) is 3.12. The van der Waals surface area contributed by atoms with Gasteiger partial charge in [-0.3, -0.25) is 13.9 Å². The van der Waals surface area contributed by atoms with Gasteiger partial charge < -0.3 is 10.2 Å². The van der Waals surface area contributed by atoms with E-state index in [-0.39, 0.29) is 24.8 Å². The molecule has 2 amide bonds. The Balaban J connectivity index is 2.08. The van der Waals surface area contributed by atoms with Crippen LogP contribution in [-0.4, -0.2) is 57.1 Å². The van der Waals surface area contributed by atoms with Crippen molar-refractivity contribution < 1.29 is 18.0 Å². The monoisotopic (exact) mass is 487 g/mol. The first kappa shape index (κ1) is 27.4. The Kier molecular flexibility index (Phi) is 10.6. The van der Waals surface area contributed by atoms with Crippen LogP contribution in [0.2, 0.25) is 0 Å². The summed E-state index contributed by atoms with van der Waals surface area (Å²) >= 11 is 0. The topological polar surface area (TPSA) is 86.8 Å². The lowest BCUT2D eigenvalue weighted by molar-refractivity contribution is -0.139. The number of nitrogens with zero attached hydrogens (tertiary/aromatic N) is 2. The van der Waals surface area contributed by atoms with Gasteiger partial charge in [-0.05, 0) is 50.8 Å². The van der Waals surface area contributed by atoms with Crippen molar-refractivity contribution in [3.05, 3.63) is 65.7 Å². The molecule has 0 saturated heterocycles. The molecular weight excluding hydrogens is 450 g/mol. The molecule has 0 fully saturated rings. The van der Waals surface area contributed by atoms with Crippen LogP contribution in [0.5, 0.6) is 0 Å². The van der Waals surface area contributed by atoms with E-state index in [1.807, 2.05) is 56.3 Å². The third-order valence-corrected chi connectivity index (χ3v) is 6.87. The van der Waals surface area contributed by atoms with E-state index in [4.69, 9.17) is 0 Å². The van der Waals surface area contributed by atoms with Crippen molar-refractivity contribution in [1.29, 1.82) is 0 Å². The van der Waals surface area contributed by atoms with E-state index in [1.165, 1.54) is 10.6 Å². The lowest BCUT2D eigenvalue weighted by Gasteiger charge is -2.29. The summed E-state index contributed by atoms with van der Waals surface area (Å²) < 4.78 is 26.0. The molecule has 1 atom stereocenters. The van der Waals surface area contributed by atoms with Crippen molar-refractivity contribution in [1.82, 2.24) is 10.2 Å². The number of hydrogen-bond acceptors (Lipinski definition) is 4. The van der Waals surface area contributed by atoms with Crippen LogP contribution < -0.4 is 9.62 Å². The largest absolute Gasteiger partial charge is 0.354 e. The van der Waals surface area contributed by atoms with Crippen LogP contribution >= 0.6 is 0 Å². The molecule has 2 aromatic carbocycles. The van der Waals surface area contributed by atoms with E-state index in [0.29, 0.717) is 31.6 Å². The number of hydrogen-bond donors (Lipinski definition) is 1. The standard InChI is InChI=1S/C26H37N3O4S/c1-5-18-27-26(31)22(3)28(20-17-23-10-7-6-8-11-23)25(30)12-9-19-29(34(4,32)33)24-15-13-21(2)14-16-24/h6-8,10-11,13-16,22H,5,9,12,17-20H2,1-4H3,(H,27,31). The highest BCUT2D eigenvalue weighted by molar-refractivity contribution is 7.92. The number of rotatable bonds is 13. The third kappa shape index (κ3) is 8.48. The first-order valence-corrected chi connectivity index (χ1v) is 13.6. The normalized spacial score (nSPS) is 12.1. The Hall–Kier alpha value is -2.87. The van der Waals surface area contributed by atoms with Crippen LogP contribution in [-0.2, 0) is 26.0 Å². The molecule has 7 nitrogen and oxygen atoms in total. The van der Waals surface area contributed by atoms with Gasteiger partial charge in [0.2, 0.25) is 21.8 Å². The maximum Gasteiger partial charge on any atom is 0.242 e. The summed E-state index contributed by atoms with van der Waals surface area (Å²) in [5.41, 5.74) is 2.70. The van der Waals surface area contributed by atoms with Crippen molar-refractivity contribution in [3.63, 3.8) is 0 Å². The van der Waals surface area contributed by atoms with Crippen molar-refractivity contribution in [2.45, 2.75) is 52.5 Å². The highest BCUT2D eigenvalue weighted by Crippen LogP contribution is 2.19. The molecular formula is C26H37N3O4S. The van der Waals surface area contributed by atoms with Gasteiger partial charge in [-0.15, -0.1) is 0 Å². The molecule has 2 aromatic rings. The van der Waals surface area contributed by atoms with E-state index < -0.39 is 16.1 Å². The SMILES string of the molecule is CCCNC(=O)C(C)N(CCc1ccccc1)C(=O)CCCN(c1ccc(C)cc1)S(C)(=O)=O. The molecule has 186 valence electrons. The number of carbonyl (C=O) groups is 2. The Bertz CT molecular complexity index is 1020. The van der Waals surface area contributed by atoms with Crippen LogP contribution in [0.15, 0.2) is 54.6 Å². The Morgan fingerprint density at radius 2 is 1.65 bits per heavy atom. The van der Waals surface area contributed by atoms with E-state index in [0.717, 1.165) is 17.5 Å². The number of anilines is 1. The minimum absolute atomic E-state index is 0.151. The summed E-state index contributed by atoms with van der Waals surface area (Å²) in [4.78, 5) is 27.4. The van der Waals surface area contributed by atoms with Gasteiger partial charge >= 0.3 is 0 Å². The number of aryl methyl sites for hydroxylation is 1. The second-order valence-corrected chi connectivity index (χ2v) is 10.5. The van der Waals surface area contributed by atoms with Gasteiger partial charge in [-0.2, -0.15) is 0 Å². The minimum Gasteiger partial charge on any atom is -0.354 e. The third-order valence-electron chi connectivity index (χ3n) is 5.67. The molecule has 0 spiro atoms. The van der Waals surface area contributed by atoms with Crippen LogP contribution in [0.25, 0.3) is 0 Å². The lowest BCUT2D eigenvalue weighted by Crippen LogP contribution is -2.49. The fraction of sp³-hybridized carbons (Fsp3) is 0.462. The molecule has 0 aromatic heterocycles. The number of benzene rings is 2. The number of amides is 2. The maximum absolute atomic E-state index is 13.2. The summed E-state index contributed by atoms with van der Waals surface area (Å²) in [5, 5.41) is 2.87. The molecule has 1 N–H and O–H groups in total. The molecule has 0 saturated carbocycles. The molecule has 0 bridgehead atoms. The van der Waals surface area contributed by atoms with Crippen LogP contribution in [0.3, 0.4) is 0 Å². The molecule has 8 heteroatoms. The highest BCUT2D eigenvalue weighted by atomic mass is 32.2. The van der Waals surface area contributed by atoms with Crippen LogP contribution in [0, 0.1) is 6.92 Å². The molecule has 0 heterocycles. The molecule has 0 aliphatic heterocycles. The Morgan fingerprint density at radius 3 is 2.24 bits per heavy atom. The van der Waals surface area contributed by atoms with Crippen LogP contribution in [0.4, 0.5) is 5.69 Å². The van der Waals surface area contributed by atoms with E-state index in [9.17, 15) is 18.0 Å². The van der Waals surface area contributed by atoms with Gasteiger partial charge in [-0.25, -0.2) is 8.42 Å². The lowest BCUT2D eigenvalue weighted by atomic mass is 10.1. The average molecular weight is 488 g/mol. The van der Waals surface area contributed by atoms with Crippen molar-refractivity contribution >= 4 is 27.5 Å². The summed E-state index contributed by atoms with van der Waals surface area (Å²) in [5.74, 6) is -0.340. The van der Waals surface area contributed by atoms with Crippen LogP contribution in [0.1, 0.15) is 44.2 Å². The van der Waals surface area contributed by atoms with Gasteiger partial charge in [0.05, 0.1) is 11.9 Å². The predicted octanol–water partition coefficient (Wildman–Crippen LogP) is 3.53. The van der Waals surface area contributed by atoms with Crippen molar-refractivity contribution in [3.8, 4) is 0 Å². The predicted molar refractivity (Wildman–Crippen MR) is 137 cm³/mol. The maximum atomic E-state index is 13.2.